The largest absolute Gasteiger partial charge is 0.573 e. The van der Waals surface area contributed by atoms with Crippen LogP contribution in [0.4, 0.5) is 29.3 Å². The number of aliphatic imine (C=N–C) groups is 2. The average Bonchev–Trinajstić information content (AvgIpc) is 3.61. The van der Waals surface area contributed by atoms with Crippen molar-refractivity contribution < 1.29 is 27.5 Å². The Labute approximate surface area is 246 Å². The molecule has 0 spiro atoms. The van der Waals surface area contributed by atoms with E-state index in [4.69, 9.17) is 0 Å². The van der Waals surface area contributed by atoms with Crippen molar-refractivity contribution in [1.29, 1.82) is 0 Å². The molecule has 3 aromatic rings. The summed E-state index contributed by atoms with van der Waals surface area (Å²) in [5.41, 5.74) is 7.39. The van der Waals surface area contributed by atoms with E-state index in [9.17, 15) is 22.8 Å². The highest BCUT2D eigenvalue weighted by atomic mass is 19.4. The smallest absolute Gasteiger partial charge is 0.406 e. The molecule has 1 atom stereocenters. The van der Waals surface area contributed by atoms with Crippen molar-refractivity contribution in [2.45, 2.75) is 38.7 Å². The van der Waals surface area contributed by atoms with Gasteiger partial charge in [0.25, 0.3) is 5.91 Å². The van der Waals surface area contributed by atoms with E-state index in [-0.39, 0.29) is 30.3 Å². The fourth-order valence-electron chi connectivity index (χ4n) is 4.73. The number of carbonyl (C=O) groups excluding carboxylic acids is 2. The van der Waals surface area contributed by atoms with E-state index >= 15 is 0 Å². The molecule has 0 bridgehead atoms. The molecule has 3 amide bonds. The summed E-state index contributed by atoms with van der Waals surface area (Å²) < 4.78 is 41.1. The van der Waals surface area contributed by atoms with Crippen LogP contribution in [0.5, 0.6) is 5.75 Å². The maximum Gasteiger partial charge on any atom is 0.573 e. The van der Waals surface area contributed by atoms with Crippen LogP contribution in [-0.2, 0) is 17.6 Å². The van der Waals surface area contributed by atoms with Crippen molar-refractivity contribution in [3.63, 3.8) is 0 Å². The first-order valence-electron chi connectivity index (χ1n) is 13.7. The number of anilines is 2. The second kappa shape index (κ2) is 12.9. The number of amides is 3. The third-order valence-corrected chi connectivity index (χ3v) is 6.74. The third-order valence-electron chi connectivity index (χ3n) is 6.74. The molecule has 0 aliphatic carbocycles. The van der Waals surface area contributed by atoms with Crippen LogP contribution in [0.1, 0.15) is 36.2 Å². The molecule has 2 heterocycles. The number of hydrazine groups is 1. The Balaban J connectivity index is 1.09. The standard InChI is InChI=1S/C30H30F3N7O3/c1-2-5-21-6-3-4-7-25(21)40-26(41)18-35-28(40)37-29(42)34-17-16-20-8-10-22(11-9-20)27-36-19-39(38-27)23-12-14-24(15-13-23)43-30(31,32)33/h3-4,6-15,19,27,38H,2,5,16-18H2,1H3,(H2,34,35,37,42). The number of para-hydroxylation sites is 1. The number of halogens is 3. The van der Waals surface area contributed by atoms with E-state index in [1.807, 2.05) is 48.5 Å². The quantitative estimate of drug-likeness (QED) is 0.329. The SMILES string of the molecule is CCCc1ccccc1N1C(=O)CN=C1NC(=O)NCCc1ccc(C2N=CN(c3ccc(OC(F)(F)F)cc3)N2)cc1. The molecule has 2 aliphatic rings. The van der Waals surface area contributed by atoms with E-state index in [1.165, 1.54) is 29.2 Å². The van der Waals surface area contributed by atoms with Crippen molar-refractivity contribution >= 4 is 35.6 Å². The molecule has 5 rings (SSSR count). The highest BCUT2D eigenvalue weighted by Crippen LogP contribution is 2.27. The van der Waals surface area contributed by atoms with E-state index in [0.717, 1.165) is 35.2 Å². The van der Waals surface area contributed by atoms with Crippen molar-refractivity contribution in [3.05, 3.63) is 89.5 Å². The number of urea groups is 1. The topological polar surface area (TPSA) is 111 Å². The Morgan fingerprint density at radius 1 is 1.05 bits per heavy atom. The Bertz CT molecular complexity index is 1510. The van der Waals surface area contributed by atoms with Gasteiger partial charge in [0.15, 0.2) is 0 Å². The molecule has 224 valence electrons. The van der Waals surface area contributed by atoms with Gasteiger partial charge in [-0.3, -0.25) is 15.1 Å². The van der Waals surface area contributed by atoms with Crippen molar-refractivity contribution in [1.82, 2.24) is 16.1 Å². The number of rotatable bonds is 9. The molecule has 0 radical (unpaired) electrons. The van der Waals surface area contributed by atoms with Crippen LogP contribution < -0.4 is 30.7 Å². The number of benzene rings is 3. The second-order valence-electron chi connectivity index (χ2n) is 9.83. The average molecular weight is 594 g/mol. The fourth-order valence-corrected chi connectivity index (χ4v) is 4.73. The minimum atomic E-state index is -4.75. The molecule has 3 N–H and O–H groups in total. The van der Waals surface area contributed by atoms with Crippen LogP contribution >= 0.6 is 0 Å². The summed E-state index contributed by atoms with van der Waals surface area (Å²) in [6.07, 6.45) is -1.26. The predicted molar refractivity (Wildman–Crippen MR) is 157 cm³/mol. The van der Waals surface area contributed by atoms with Crippen LogP contribution in [-0.4, -0.2) is 43.7 Å². The number of nitrogens with one attached hydrogen (secondary N) is 3. The van der Waals surface area contributed by atoms with Crippen LogP contribution in [0.15, 0.2) is 82.8 Å². The van der Waals surface area contributed by atoms with Gasteiger partial charge in [-0.05, 0) is 59.9 Å². The molecule has 13 heteroatoms. The van der Waals surface area contributed by atoms with Gasteiger partial charge in [0, 0.05) is 6.54 Å². The normalized spacial score (nSPS) is 16.4. The van der Waals surface area contributed by atoms with Crippen LogP contribution in [0.3, 0.4) is 0 Å². The minimum absolute atomic E-state index is 0.0245. The molecular formula is C30H30F3N7O3. The molecule has 0 saturated carbocycles. The number of nitrogens with zero attached hydrogens (tertiary/aromatic N) is 4. The molecule has 3 aromatic carbocycles. The van der Waals surface area contributed by atoms with Crippen LogP contribution in [0.2, 0.25) is 0 Å². The van der Waals surface area contributed by atoms with Crippen molar-refractivity contribution in [2.75, 3.05) is 23.0 Å². The van der Waals surface area contributed by atoms with Gasteiger partial charge in [0.1, 0.15) is 24.8 Å². The lowest BCUT2D eigenvalue weighted by Crippen LogP contribution is -2.48. The van der Waals surface area contributed by atoms with Crippen LogP contribution in [0.25, 0.3) is 0 Å². The molecule has 0 fully saturated rings. The molecule has 10 nitrogen and oxygen atoms in total. The number of hydrogen-bond donors (Lipinski definition) is 3. The van der Waals surface area contributed by atoms with Gasteiger partial charge in [0.05, 0.1) is 11.4 Å². The van der Waals surface area contributed by atoms with Crippen molar-refractivity contribution in [3.8, 4) is 5.75 Å². The number of alkyl halides is 3. The monoisotopic (exact) mass is 593 g/mol. The van der Waals surface area contributed by atoms with E-state index in [2.05, 4.69) is 37.7 Å². The first-order valence-corrected chi connectivity index (χ1v) is 13.7. The number of carbonyl (C=O) groups is 2. The molecule has 0 saturated heterocycles. The lowest BCUT2D eigenvalue weighted by atomic mass is 10.1. The van der Waals surface area contributed by atoms with Crippen molar-refractivity contribution in [2.24, 2.45) is 9.98 Å². The second-order valence-corrected chi connectivity index (χ2v) is 9.83. The van der Waals surface area contributed by atoms with Gasteiger partial charge in [-0.2, -0.15) is 5.43 Å². The van der Waals surface area contributed by atoms with E-state index < -0.39 is 12.4 Å². The number of hydrogen-bond acceptors (Lipinski definition) is 7. The van der Waals surface area contributed by atoms with Gasteiger partial charge < -0.3 is 10.1 Å². The number of guanidine groups is 1. The molecule has 0 aromatic heterocycles. The lowest BCUT2D eigenvalue weighted by molar-refractivity contribution is -0.274. The lowest BCUT2D eigenvalue weighted by Gasteiger charge is -2.22. The third kappa shape index (κ3) is 7.49. The Kier molecular flexibility index (Phi) is 8.90. The van der Waals surface area contributed by atoms with Gasteiger partial charge in [0.2, 0.25) is 5.96 Å². The zero-order valence-corrected chi connectivity index (χ0v) is 23.3. The molecular weight excluding hydrogens is 563 g/mol. The van der Waals surface area contributed by atoms with Gasteiger partial charge in [-0.25, -0.2) is 19.7 Å². The van der Waals surface area contributed by atoms with Crippen LogP contribution in [0, 0.1) is 0 Å². The fraction of sp³-hybridized carbons (Fsp3) is 0.267. The minimum Gasteiger partial charge on any atom is -0.406 e. The highest BCUT2D eigenvalue weighted by molar-refractivity contribution is 6.23. The van der Waals surface area contributed by atoms with Gasteiger partial charge >= 0.3 is 12.4 Å². The molecule has 43 heavy (non-hydrogen) atoms. The Morgan fingerprint density at radius 3 is 2.51 bits per heavy atom. The zero-order chi connectivity index (χ0) is 30.4. The number of aryl methyl sites for hydroxylation is 1. The predicted octanol–water partition coefficient (Wildman–Crippen LogP) is 4.83. The number of ether oxygens (including phenoxy) is 1. The van der Waals surface area contributed by atoms with Gasteiger partial charge in [-0.15, -0.1) is 13.2 Å². The summed E-state index contributed by atoms with van der Waals surface area (Å²) in [4.78, 5) is 35.3. The maximum atomic E-state index is 12.6. The van der Waals surface area contributed by atoms with E-state index in [0.29, 0.717) is 18.7 Å². The van der Waals surface area contributed by atoms with E-state index in [1.54, 1.807) is 11.3 Å². The summed E-state index contributed by atoms with van der Waals surface area (Å²) >= 11 is 0. The molecule has 1 unspecified atom stereocenters. The first kappa shape index (κ1) is 29.6. The maximum absolute atomic E-state index is 12.6. The summed E-state index contributed by atoms with van der Waals surface area (Å²) in [7, 11) is 0. The summed E-state index contributed by atoms with van der Waals surface area (Å²) in [6, 6.07) is 20.3. The highest BCUT2D eigenvalue weighted by Gasteiger charge is 2.31. The summed E-state index contributed by atoms with van der Waals surface area (Å²) in [6.45, 7) is 2.40. The first-order chi connectivity index (χ1) is 20.7. The Hall–Kier alpha value is -4.91. The Morgan fingerprint density at radius 2 is 1.79 bits per heavy atom. The zero-order valence-electron chi connectivity index (χ0n) is 23.3. The van der Waals surface area contributed by atoms with Gasteiger partial charge in [-0.1, -0.05) is 55.8 Å². The summed E-state index contributed by atoms with van der Waals surface area (Å²) in [5, 5.41) is 7.14. The summed E-state index contributed by atoms with van der Waals surface area (Å²) in [5.74, 6) is -0.291. The molecule has 2 aliphatic heterocycles.